The maximum Gasteiger partial charge on any atom is 0.315 e. The lowest BCUT2D eigenvalue weighted by Gasteiger charge is -2.05. The van der Waals surface area contributed by atoms with Gasteiger partial charge in [0, 0.05) is 17.1 Å². The Morgan fingerprint density at radius 1 is 1.05 bits per heavy atom. The first-order valence-corrected chi connectivity index (χ1v) is 7.42. The van der Waals surface area contributed by atoms with Crippen molar-refractivity contribution in [3.05, 3.63) is 70.7 Å². The van der Waals surface area contributed by atoms with Crippen molar-refractivity contribution in [1.82, 2.24) is 10.6 Å². The molecule has 0 atom stereocenters. The van der Waals surface area contributed by atoms with Gasteiger partial charge in [-0.3, -0.25) is 0 Å². The van der Waals surface area contributed by atoms with E-state index < -0.39 is 0 Å². The standard InChI is InChI=1S/C18H17ClN2O/c19-17-10-4-8-16(14-17)11-13-21-18(22)20-12-5-9-15-6-2-1-3-7-15/h1-4,6-8,10,14H,11-13H2,(H2,20,21,22). The van der Waals surface area contributed by atoms with E-state index in [1.807, 2.05) is 54.6 Å². The quantitative estimate of drug-likeness (QED) is 0.836. The topological polar surface area (TPSA) is 41.1 Å². The van der Waals surface area contributed by atoms with Gasteiger partial charge in [-0.15, -0.1) is 0 Å². The molecule has 2 N–H and O–H groups in total. The fourth-order valence-electron chi connectivity index (χ4n) is 1.87. The largest absolute Gasteiger partial charge is 0.338 e. The van der Waals surface area contributed by atoms with Gasteiger partial charge in [0.25, 0.3) is 0 Å². The molecule has 0 unspecified atom stereocenters. The van der Waals surface area contributed by atoms with Gasteiger partial charge in [-0.25, -0.2) is 4.79 Å². The van der Waals surface area contributed by atoms with Crippen molar-refractivity contribution in [3.63, 3.8) is 0 Å². The SMILES string of the molecule is O=C(NCC#Cc1ccccc1)NCCc1cccc(Cl)c1. The Kier molecular flexibility index (Phi) is 6.35. The summed E-state index contributed by atoms with van der Waals surface area (Å²) in [6, 6.07) is 17.0. The van der Waals surface area contributed by atoms with Gasteiger partial charge in [0.15, 0.2) is 0 Å². The molecule has 4 heteroatoms. The maximum atomic E-state index is 11.6. The average Bonchev–Trinajstić information content (AvgIpc) is 2.53. The second-order valence-electron chi connectivity index (χ2n) is 4.66. The van der Waals surface area contributed by atoms with E-state index in [0.717, 1.165) is 17.5 Å². The summed E-state index contributed by atoms with van der Waals surface area (Å²) < 4.78 is 0. The number of hydrogen-bond acceptors (Lipinski definition) is 1. The maximum absolute atomic E-state index is 11.6. The van der Waals surface area contributed by atoms with Crippen molar-refractivity contribution in [2.75, 3.05) is 13.1 Å². The molecule has 0 saturated heterocycles. The number of urea groups is 1. The smallest absolute Gasteiger partial charge is 0.315 e. The van der Waals surface area contributed by atoms with E-state index in [1.165, 1.54) is 0 Å². The number of carbonyl (C=O) groups is 1. The Bertz CT molecular complexity index is 674. The Morgan fingerprint density at radius 2 is 1.86 bits per heavy atom. The van der Waals surface area contributed by atoms with Gasteiger partial charge < -0.3 is 10.6 Å². The van der Waals surface area contributed by atoms with Crippen LogP contribution in [0, 0.1) is 11.8 Å². The van der Waals surface area contributed by atoms with Crippen LogP contribution >= 0.6 is 11.6 Å². The third-order valence-corrected chi connectivity index (χ3v) is 3.17. The fourth-order valence-corrected chi connectivity index (χ4v) is 2.08. The third-order valence-electron chi connectivity index (χ3n) is 2.93. The van der Waals surface area contributed by atoms with E-state index in [2.05, 4.69) is 22.5 Å². The fraction of sp³-hybridized carbons (Fsp3) is 0.167. The second-order valence-corrected chi connectivity index (χ2v) is 5.09. The lowest BCUT2D eigenvalue weighted by atomic mass is 10.1. The molecule has 0 heterocycles. The van der Waals surface area contributed by atoms with E-state index in [9.17, 15) is 4.79 Å². The van der Waals surface area contributed by atoms with Crippen LogP contribution in [0.25, 0.3) is 0 Å². The first kappa shape index (κ1) is 15.9. The van der Waals surface area contributed by atoms with Crippen LogP contribution in [0.4, 0.5) is 4.79 Å². The van der Waals surface area contributed by atoms with Gasteiger partial charge >= 0.3 is 6.03 Å². The molecule has 0 bridgehead atoms. The summed E-state index contributed by atoms with van der Waals surface area (Å²) in [5.41, 5.74) is 2.03. The van der Waals surface area contributed by atoms with E-state index in [-0.39, 0.29) is 6.03 Å². The average molecular weight is 313 g/mol. The predicted octanol–water partition coefficient (Wildman–Crippen LogP) is 3.23. The summed E-state index contributed by atoms with van der Waals surface area (Å²) in [7, 11) is 0. The molecule has 3 nitrogen and oxygen atoms in total. The van der Waals surface area contributed by atoms with Crippen molar-refractivity contribution >= 4 is 17.6 Å². The monoisotopic (exact) mass is 312 g/mol. The number of hydrogen-bond donors (Lipinski definition) is 2. The highest BCUT2D eigenvalue weighted by molar-refractivity contribution is 6.30. The van der Waals surface area contributed by atoms with Gasteiger partial charge in [-0.1, -0.05) is 53.8 Å². The number of nitrogens with one attached hydrogen (secondary N) is 2. The molecule has 0 aliphatic heterocycles. The normalized spacial score (nSPS) is 9.50. The Hall–Kier alpha value is -2.44. The van der Waals surface area contributed by atoms with Gasteiger partial charge in [0.1, 0.15) is 0 Å². The van der Waals surface area contributed by atoms with Crippen LogP contribution in [0.15, 0.2) is 54.6 Å². The van der Waals surface area contributed by atoms with Crippen LogP contribution < -0.4 is 10.6 Å². The Balaban J connectivity index is 1.65. The molecule has 2 aromatic carbocycles. The molecule has 112 valence electrons. The Morgan fingerprint density at radius 3 is 2.64 bits per heavy atom. The molecule has 0 radical (unpaired) electrons. The molecule has 0 spiro atoms. The first-order valence-electron chi connectivity index (χ1n) is 7.04. The summed E-state index contributed by atoms with van der Waals surface area (Å²) >= 11 is 5.91. The lowest BCUT2D eigenvalue weighted by molar-refractivity contribution is 0.242. The van der Waals surface area contributed by atoms with Crippen LogP contribution in [0.5, 0.6) is 0 Å². The van der Waals surface area contributed by atoms with Gasteiger partial charge in [0.2, 0.25) is 0 Å². The minimum absolute atomic E-state index is 0.218. The summed E-state index contributed by atoms with van der Waals surface area (Å²) in [5, 5.41) is 6.20. The molecule has 0 aromatic heterocycles. The number of rotatable bonds is 4. The summed E-state index contributed by atoms with van der Waals surface area (Å²) in [6.45, 7) is 0.871. The zero-order chi connectivity index (χ0) is 15.6. The van der Waals surface area contributed by atoms with Crippen molar-refractivity contribution < 1.29 is 4.79 Å². The highest BCUT2D eigenvalue weighted by Gasteiger charge is 1.98. The number of halogens is 1. The molecule has 0 saturated carbocycles. The zero-order valence-electron chi connectivity index (χ0n) is 12.1. The van der Waals surface area contributed by atoms with Crippen LogP contribution in [0.3, 0.4) is 0 Å². The number of benzene rings is 2. The molecule has 0 aliphatic carbocycles. The third kappa shape index (κ3) is 5.90. The lowest BCUT2D eigenvalue weighted by Crippen LogP contribution is -2.36. The number of carbonyl (C=O) groups excluding carboxylic acids is 1. The minimum atomic E-state index is -0.218. The first-order chi connectivity index (χ1) is 10.7. The molecule has 22 heavy (non-hydrogen) atoms. The van der Waals surface area contributed by atoms with Crippen molar-refractivity contribution in [3.8, 4) is 11.8 Å². The molecule has 0 fully saturated rings. The predicted molar refractivity (Wildman–Crippen MR) is 89.9 cm³/mol. The van der Waals surface area contributed by atoms with Crippen LogP contribution in [0.2, 0.25) is 5.02 Å². The minimum Gasteiger partial charge on any atom is -0.338 e. The molecule has 0 aliphatic rings. The van der Waals surface area contributed by atoms with Crippen LogP contribution in [-0.4, -0.2) is 19.1 Å². The van der Waals surface area contributed by atoms with Gasteiger partial charge in [-0.2, -0.15) is 0 Å². The van der Waals surface area contributed by atoms with Crippen molar-refractivity contribution in [2.24, 2.45) is 0 Å². The highest BCUT2D eigenvalue weighted by Crippen LogP contribution is 2.10. The van der Waals surface area contributed by atoms with Crippen molar-refractivity contribution in [1.29, 1.82) is 0 Å². The molecular formula is C18H17ClN2O. The van der Waals surface area contributed by atoms with Gasteiger partial charge in [-0.05, 0) is 36.2 Å². The van der Waals surface area contributed by atoms with E-state index >= 15 is 0 Å². The van der Waals surface area contributed by atoms with Gasteiger partial charge in [0.05, 0.1) is 6.54 Å². The summed E-state index contributed by atoms with van der Waals surface area (Å²) in [6.07, 6.45) is 0.740. The summed E-state index contributed by atoms with van der Waals surface area (Å²) in [4.78, 5) is 11.6. The van der Waals surface area contributed by atoms with Crippen LogP contribution in [0.1, 0.15) is 11.1 Å². The second kappa shape index (κ2) is 8.76. The molecule has 2 aromatic rings. The molecule has 2 amide bonds. The highest BCUT2D eigenvalue weighted by atomic mass is 35.5. The Labute approximate surface area is 135 Å². The van der Waals surface area contributed by atoms with E-state index in [4.69, 9.17) is 11.6 Å². The van der Waals surface area contributed by atoms with E-state index in [1.54, 1.807) is 0 Å². The van der Waals surface area contributed by atoms with Crippen molar-refractivity contribution in [2.45, 2.75) is 6.42 Å². The van der Waals surface area contributed by atoms with Crippen LogP contribution in [-0.2, 0) is 6.42 Å². The molecule has 2 rings (SSSR count). The number of amides is 2. The van der Waals surface area contributed by atoms with E-state index in [0.29, 0.717) is 18.1 Å². The summed E-state index contributed by atoms with van der Waals surface area (Å²) in [5.74, 6) is 5.89. The zero-order valence-corrected chi connectivity index (χ0v) is 12.9. The molecular weight excluding hydrogens is 296 g/mol.